The molecule has 12 heteroatoms. The van der Waals surface area contributed by atoms with Crippen molar-refractivity contribution in [3.63, 3.8) is 0 Å². The number of nitrogens with zero attached hydrogens (tertiary/aromatic N) is 3. The summed E-state index contributed by atoms with van der Waals surface area (Å²) in [6, 6.07) is 18.8. The highest BCUT2D eigenvalue weighted by molar-refractivity contribution is 7.09. The van der Waals surface area contributed by atoms with Gasteiger partial charge in [-0.25, -0.2) is 9.78 Å². The summed E-state index contributed by atoms with van der Waals surface area (Å²) in [7, 11) is 1.71. The average molecular weight is 693 g/mol. The van der Waals surface area contributed by atoms with Crippen molar-refractivity contribution in [2.45, 2.75) is 96.5 Å². The van der Waals surface area contributed by atoms with Crippen LogP contribution in [0.4, 0.5) is 4.79 Å². The number of hydrogen-bond donors (Lipinski definition) is 4. The normalized spacial score (nSPS) is 13.9. The van der Waals surface area contributed by atoms with Crippen molar-refractivity contribution in [3.8, 4) is 0 Å². The first-order chi connectivity index (χ1) is 23.2. The Balaban J connectivity index is 1.40. The molecule has 48 heavy (non-hydrogen) atoms. The fourth-order valence-corrected chi connectivity index (χ4v) is 6.62. The van der Waals surface area contributed by atoms with Gasteiger partial charge in [-0.05, 0) is 43.2 Å². The van der Waals surface area contributed by atoms with Crippen LogP contribution in [-0.2, 0) is 35.5 Å². The fourth-order valence-electron chi connectivity index (χ4n) is 5.28. The standard InChI is InChI=1S/C36H48N6O4S2/c1-5-32(41-35(44)42(4)21-30-23-47-34(39-30)25(2)3)33(43)38-28(18-26-12-8-6-9-13-26)16-17-29(19-27-14-10-7-11-15-27)40-36(45)46-22-31-20-37-24-48-31/h6-15,20,23-25,28-29,32,36,40,45H,5,16-19,21-22H2,1-4H3,(H,38,43)(H,41,44). The number of urea groups is 1. The molecule has 2 aromatic heterocycles. The van der Waals surface area contributed by atoms with Crippen molar-refractivity contribution < 1.29 is 19.4 Å². The van der Waals surface area contributed by atoms with Crippen molar-refractivity contribution in [1.82, 2.24) is 30.8 Å². The molecule has 4 N–H and O–H groups in total. The van der Waals surface area contributed by atoms with Gasteiger partial charge < -0.3 is 25.4 Å². The molecule has 4 atom stereocenters. The van der Waals surface area contributed by atoms with Crippen LogP contribution in [0.25, 0.3) is 0 Å². The molecule has 0 aliphatic heterocycles. The Labute approximate surface area is 292 Å². The maximum Gasteiger partial charge on any atom is 0.318 e. The molecule has 3 amide bonds. The summed E-state index contributed by atoms with van der Waals surface area (Å²) in [4.78, 5) is 37.9. The lowest BCUT2D eigenvalue weighted by molar-refractivity contribution is -0.134. The number of amides is 3. The maximum absolute atomic E-state index is 13.6. The molecule has 258 valence electrons. The summed E-state index contributed by atoms with van der Waals surface area (Å²) in [5, 5.41) is 23.1. The van der Waals surface area contributed by atoms with Crippen LogP contribution < -0.4 is 16.0 Å². The quantitative estimate of drug-likeness (QED) is 0.0909. The van der Waals surface area contributed by atoms with Crippen molar-refractivity contribution in [2.24, 2.45) is 0 Å². The molecule has 0 radical (unpaired) electrons. The number of carbonyl (C=O) groups is 2. The van der Waals surface area contributed by atoms with Gasteiger partial charge in [-0.15, -0.1) is 22.7 Å². The maximum atomic E-state index is 13.6. The van der Waals surface area contributed by atoms with E-state index in [2.05, 4.69) is 51.9 Å². The van der Waals surface area contributed by atoms with Crippen LogP contribution in [0.15, 0.2) is 77.8 Å². The predicted molar refractivity (Wildman–Crippen MR) is 192 cm³/mol. The number of benzene rings is 2. The highest BCUT2D eigenvalue weighted by Crippen LogP contribution is 2.20. The van der Waals surface area contributed by atoms with E-state index in [1.807, 2.05) is 60.8 Å². The Morgan fingerprint density at radius 3 is 2.17 bits per heavy atom. The van der Waals surface area contributed by atoms with Crippen LogP contribution in [0, 0.1) is 0 Å². The first-order valence-electron chi connectivity index (χ1n) is 16.5. The van der Waals surface area contributed by atoms with Gasteiger partial charge in [0.1, 0.15) is 6.04 Å². The summed E-state index contributed by atoms with van der Waals surface area (Å²) in [6.45, 7) is 6.69. The number of aromatic nitrogens is 2. The first-order valence-corrected chi connectivity index (χ1v) is 18.2. The minimum Gasteiger partial charge on any atom is -0.356 e. The van der Waals surface area contributed by atoms with Crippen LogP contribution in [0.1, 0.15) is 72.7 Å². The molecular formula is C36H48N6O4S2. The van der Waals surface area contributed by atoms with E-state index in [0.717, 1.165) is 26.7 Å². The molecule has 10 nitrogen and oxygen atoms in total. The Bertz CT molecular complexity index is 1500. The molecule has 0 spiro atoms. The van der Waals surface area contributed by atoms with Crippen LogP contribution in [-0.4, -0.2) is 63.5 Å². The number of nitrogens with one attached hydrogen (secondary N) is 3. The molecule has 0 aliphatic carbocycles. The molecule has 0 aliphatic rings. The van der Waals surface area contributed by atoms with Crippen molar-refractivity contribution in [1.29, 1.82) is 0 Å². The van der Waals surface area contributed by atoms with Gasteiger partial charge in [0.15, 0.2) is 0 Å². The molecule has 2 aromatic carbocycles. The zero-order chi connectivity index (χ0) is 34.3. The number of hydrogen-bond acceptors (Lipinski definition) is 9. The monoisotopic (exact) mass is 692 g/mol. The lowest BCUT2D eigenvalue weighted by atomic mass is 9.95. The minimum atomic E-state index is -1.17. The Hall–Kier alpha value is -3.68. The van der Waals surface area contributed by atoms with E-state index in [4.69, 9.17) is 4.74 Å². The largest absolute Gasteiger partial charge is 0.356 e. The topological polar surface area (TPSA) is 129 Å². The summed E-state index contributed by atoms with van der Waals surface area (Å²) < 4.78 is 5.67. The molecule has 0 fully saturated rings. The van der Waals surface area contributed by atoms with Gasteiger partial charge in [0, 0.05) is 36.6 Å². The Morgan fingerprint density at radius 1 is 0.938 bits per heavy atom. The zero-order valence-electron chi connectivity index (χ0n) is 28.2. The number of carbonyl (C=O) groups excluding carboxylic acids is 2. The minimum absolute atomic E-state index is 0.128. The van der Waals surface area contributed by atoms with E-state index in [0.29, 0.717) is 44.6 Å². The summed E-state index contributed by atoms with van der Waals surface area (Å²) in [6.07, 6.45) is 3.60. The van der Waals surface area contributed by atoms with Crippen LogP contribution in [0.3, 0.4) is 0 Å². The molecule has 4 aromatic rings. The zero-order valence-corrected chi connectivity index (χ0v) is 29.8. The van der Waals surface area contributed by atoms with Gasteiger partial charge >= 0.3 is 6.03 Å². The van der Waals surface area contributed by atoms with Crippen LogP contribution >= 0.6 is 22.7 Å². The second-order valence-corrected chi connectivity index (χ2v) is 14.1. The number of aliphatic hydroxyl groups excluding tert-OH is 1. The molecule has 2 heterocycles. The van der Waals surface area contributed by atoms with E-state index in [-0.39, 0.29) is 30.6 Å². The van der Waals surface area contributed by atoms with Crippen molar-refractivity contribution >= 4 is 34.6 Å². The van der Waals surface area contributed by atoms with E-state index >= 15 is 0 Å². The number of ether oxygens (including phenoxy) is 1. The van der Waals surface area contributed by atoms with Gasteiger partial charge in [0.25, 0.3) is 0 Å². The van der Waals surface area contributed by atoms with Crippen molar-refractivity contribution in [3.05, 3.63) is 104 Å². The fraction of sp³-hybridized carbons (Fsp3) is 0.444. The highest BCUT2D eigenvalue weighted by Gasteiger charge is 2.25. The molecular weight excluding hydrogens is 645 g/mol. The summed E-state index contributed by atoms with van der Waals surface area (Å²) in [5.74, 6) is 0.105. The van der Waals surface area contributed by atoms with E-state index in [1.54, 1.807) is 35.0 Å². The second kappa shape index (κ2) is 19.4. The first kappa shape index (κ1) is 37.1. The molecule has 0 bridgehead atoms. The SMILES string of the molecule is CCC(NC(=O)N(C)Cc1csc(C(C)C)n1)C(=O)NC(CCC(Cc1ccccc1)NC(O)OCc1cncs1)Cc1ccccc1. The molecule has 4 unspecified atom stereocenters. The Morgan fingerprint density at radius 2 is 1.58 bits per heavy atom. The van der Waals surface area contributed by atoms with Crippen molar-refractivity contribution in [2.75, 3.05) is 7.05 Å². The third-order valence-electron chi connectivity index (χ3n) is 7.94. The smallest absolute Gasteiger partial charge is 0.318 e. The molecule has 0 saturated heterocycles. The van der Waals surface area contributed by atoms with Gasteiger partial charge in [-0.3, -0.25) is 15.1 Å². The lowest BCUT2D eigenvalue weighted by Gasteiger charge is -2.27. The second-order valence-electron chi connectivity index (χ2n) is 12.3. The van der Waals surface area contributed by atoms with E-state index in [1.165, 1.54) is 11.3 Å². The van der Waals surface area contributed by atoms with Gasteiger partial charge in [0.2, 0.25) is 12.3 Å². The number of rotatable bonds is 19. The van der Waals surface area contributed by atoms with E-state index in [9.17, 15) is 14.7 Å². The average Bonchev–Trinajstić information content (AvgIpc) is 3.79. The Kier molecular flexibility index (Phi) is 15.0. The lowest BCUT2D eigenvalue weighted by Crippen LogP contribution is -2.52. The third-order valence-corrected chi connectivity index (χ3v) is 9.88. The summed E-state index contributed by atoms with van der Waals surface area (Å²) in [5.41, 5.74) is 4.79. The number of thiazole rings is 2. The van der Waals surface area contributed by atoms with Gasteiger partial charge in [-0.1, -0.05) is 81.4 Å². The highest BCUT2D eigenvalue weighted by atomic mass is 32.1. The number of aliphatic hydroxyl groups is 1. The summed E-state index contributed by atoms with van der Waals surface area (Å²) >= 11 is 3.06. The van der Waals surface area contributed by atoms with Crippen LogP contribution in [0.5, 0.6) is 0 Å². The van der Waals surface area contributed by atoms with Gasteiger partial charge in [0.05, 0.1) is 34.2 Å². The predicted octanol–water partition coefficient (Wildman–Crippen LogP) is 5.84. The van der Waals surface area contributed by atoms with Gasteiger partial charge in [-0.2, -0.15) is 0 Å². The molecule has 0 saturated carbocycles. The third kappa shape index (κ3) is 12.4. The van der Waals surface area contributed by atoms with Crippen LogP contribution in [0.2, 0.25) is 0 Å². The van der Waals surface area contributed by atoms with E-state index < -0.39 is 12.5 Å². The molecule has 4 rings (SSSR count).